The molecular weight excluding hydrogens is 364 g/mol. The third kappa shape index (κ3) is 4.35. The second-order valence-electron chi connectivity index (χ2n) is 4.83. The fraction of sp³-hybridized carbons (Fsp3) is 0.125. The van der Waals surface area contributed by atoms with E-state index in [1.54, 1.807) is 24.3 Å². The molecule has 0 aliphatic heterocycles. The molecule has 6 heteroatoms. The number of hydrogen-bond acceptors (Lipinski definition) is 3. The van der Waals surface area contributed by atoms with Gasteiger partial charge in [0, 0.05) is 4.48 Å². The van der Waals surface area contributed by atoms with E-state index in [1.807, 2.05) is 36.4 Å². The first kappa shape index (κ1) is 16.6. The number of benzene rings is 2. The van der Waals surface area contributed by atoms with Crippen molar-refractivity contribution >= 4 is 43.4 Å². The summed E-state index contributed by atoms with van der Waals surface area (Å²) in [6.45, 7) is 0.182. The lowest BCUT2D eigenvalue weighted by Crippen LogP contribution is -2.31. The molecule has 2 aromatic carbocycles. The van der Waals surface area contributed by atoms with E-state index in [0.29, 0.717) is 11.4 Å². The van der Waals surface area contributed by atoms with Crippen LogP contribution in [0.2, 0.25) is 0 Å². The van der Waals surface area contributed by atoms with Crippen LogP contribution < -0.4 is 10.0 Å². The van der Waals surface area contributed by atoms with Gasteiger partial charge in [0.1, 0.15) is 0 Å². The molecule has 0 saturated carbocycles. The SMILES string of the molecule is CS(=O)(=O)N(C/C(Br)=C/c1ccccc1)c1ccccc1N. The molecule has 0 saturated heterocycles. The number of nitrogen functional groups attached to an aromatic ring is 1. The zero-order chi connectivity index (χ0) is 16.2. The first-order chi connectivity index (χ1) is 10.4. The highest BCUT2D eigenvalue weighted by Crippen LogP contribution is 2.27. The number of para-hydroxylation sites is 2. The summed E-state index contributed by atoms with van der Waals surface area (Å²) < 4.78 is 26.2. The van der Waals surface area contributed by atoms with Gasteiger partial charge in [-0.3, -0.25) is 4.31 Å². The second kappa shape index (κ2) is 6.98. The molecule has 0 heterocycles. The van der Waals surface area contributed by atoms with E-state index in [1.165, 1.54) is 10.6 Å². The summed E-state index contributed by atoms with van der Waals surface area (Å²) in [5.74, 6) is 0. The Morgan fingerprint density at radius 1 is 1.14 bits per heavy atom. The molecule has 0 fully saturated rings. The number of hydrogen-bond donors (Lipinski definition) is 1. The first-order valence-electron chi connectivity index (χ1n) is 6.61. The summed E-state index contributed by atoms with van der Waals surface area (Å²) in [6.07, 6.45) is 3.06. The third-order valence-electron chi connectivity index (χ3n) is 3.02. The quantitative estimate of drug-likeness (QED) is 0.807. The summed E-state index contributed by atoms with van der Waals surface area (Å²) in [5.41, 5.74) is 7.79. The van der Waals surface area contributed by atoms with Crippen LogP contribution in [0.5, 0.6) is 0 Å². The average Bonchev–Trinajstić information content (AvgIpc) is 2.46. The van der Waals surface area contributed by atoms with Crippen LogP contribution in [0.25, 0.3) is 6.08 Å². The van der Waals surface area contributed by atoms with Gasteiger partial charge in [-0.1, -0.05) is 58.4 Å². The van der Waals surface area contributed by atoms with Crippen LogP contribution in [0, 0.1) is 0 Å². The van der Waals surface area contributed by atoms with Gasteiger partial charge in [0.25, 0.3) is 0 Å². The number of anilines is 2. The monoisotopic (exact) mass is 380 g/mol. The molecule has 0 unspecified atom stereocenters. The Kier molecular flexibility index (Phi) is 5.26. The minimum absolute atomic E-state index is 0.182. The van der Waals surface area contributed by atoms with Gasteiger partial charge in [0.05, 0.1) is 24.2 Å². The third-order valence-corrected chi connectivity index (χ3v) is 4.63. The zero-order valence-electron chi connectivity index (χ0n) is 12.1. The van der Waals surface area contributed by atoms with E-state index in [0.717, 1.165) is 10.0 Å². The van der Waals surface area contributed by atoms with Crippen molar-refractivity contribution in [2.24, 2.45) is 0 Å². The van der Waals surface area contributed by atoms with Crippen LogP contribution in [-0.2, 0) is 10.0 Å². The molecule has 116 valence electrons. The largest absolute Gasteiger partial charge is 0.397 e. The maximum absolute atomic E-state index is 12.1. The predicted octanol–water partition coefficient (Wildman–Crippen LogP) is 3.47. The number of rotatable bonds is 5. The molecule has 0 aliphatic rings. The molecule has 2 rings (SSSR count). The van der Waals surface area contributed by atoms with Gasteiger partial charge in [0.15, 0.2) is 0 Å². The first-order valence-corrected chi connectivity index (χ1v) is 9.25. The van der Waals surface area contributed by atoms with E-state index in [9.17, 15) is 8.42 Å². The highest BCUT2D eigenvalue weighted by Gasteiger charge is 2.20. The minimum Gasteiger partial charge on any atom is -0.397 e. The number of halogens is 1. The minimum atomic E-state index is -3.45. The molecular formula is C16H17BrN2O2S. The van der Waals surface area contributed by atoms with Gasteiger partial charge in [0.2, 0.25) is 10.0 Å². The molecule has 4 nitrogen and oxygen atoms in total. The van der Waals surface area contributed by atoms with Crippen LogP contribution >= 0.6 is 15.9 Å². The van der Waals surface area contributed by atoms with Gasteiger partial charge in [-0.15, -0.1) is 0 Å². The van der Waals surface area contributed by atoms with E-state index in [-0.39, 0.29) is 6.54 Å². The molecule has 0 atom stereocenters. The maximum atomic E-state index is 12.1. The smallest absolute Gasteiger partial charge is 0.232 e. The second-order valence-corrected chi connectivity index (χ2v) is 7.76. The topological polar surface area (TPSA) is 63.4 Å². The van der Waals surface area contributed by atoms with Crippen molar-refractivity contribution in [3.8, 4) is 0 Å². The van der Waals surface area contributed by atoms with Crippen molar-refractivity contribution in [1.82, 2.24) is 0 Å². The number of nitrogens with two attached hydrogens (primary N) is 1. The molecule has 2 aromatic rings. The van der Waals surface area contributed by atoms with Gasteiger partial charge in [-0.2, -0.15) is 0 Å². The van der Waals surface area contributed by atoms with Crippen LogP contribution in [0.1, 0.15) is 5.56 Å². The lowest BCUT2D eigenvalue weighted by molar-refractivity contribution is 0.598. The molecule has 22 heavy (non-hydrogen) atoms. The normalized spacial score (nSPS) is 12.2. The molecule has 0 aliphatic carbocycles. The Hall–Kier alpha value is -1.79. The summed E-state index contributed by atoms with van der Waals surface area (Å²) in [4.78, 5) is 0. The lowest BCUT2D eigenvalue weighted by Gasteiger charge is -2.23. The van der Waals surface area contributed by atoms with Crippen LogP contribution in [0.15, 0.2) is 59.1 Å². The molecule has 0 amide bonds. The van der Waals surface area contributed by atoms with Crippen molar-refractivity contribution in [3.05, 3.63) is 64.6 Å². The van der Waals surface area contributed by atoms with Gasteiger partial charge in [-0.25, -0.2) is 8.42 Å². The summed E-state index contributed by atoms with van der Waals surface area (Å²) in [5, 5.41) is 0. The summed E-state index contributed by atoms with van der Waals surface area (Å²) in [6, 6.07) is 16.6. The van der Waals surface area contributed by atoms with Crippen molar-refractivity contribution in [3.63, 3.8) is 0 Å². The van der Waals surface area contributed by atoms with Crippen molar-refractivity contribution in [2.75, 3.05) is 22.8 Å². The zero-order valence-corrected chi connectivity index (χ0v) is 14.5. The predicted molar refractivity (Wildman–Crippen MR) is 96.4 cm³/mol. The molecule has 0 radical (unpaired) electrons. The fourth-order valence-corrected chi connectivity index (χ4v) is 3.59. The lowest BCUT2D eigenvalue weighted by atomic mass is 10.2. The van der Waals surface area contributed by atoms with Crippen molar-refractivity contribution in [2.45, 2.75) is 0 Å². The highest BCUT2D eigenvalue weighted by atomic mass is 79.9. The fourth-order valence-electron chi connectivity index (χ4n) is 2.01. The summed E-state index contributed by atoms with van der Waals surface area (Å²) >= 11 is 3.44. The van der Waals surface area contributed by atoms with E-state index >= 15 is 0 Å². The highest BCUT2D eigenvalue weighted by molar-refractivity contribution is 9.11. The summed E-state index contributed by atoms with van der Waals surface area (Å²) in [7, 11) is -3.45. The van der Waals surface area contributed by atoms with Crippen molar-refractivity contribution < 1.29 is 8.42 Å². The molecule has 0 aromatic heterocycles. The Morgan fingerprint density at radius 2 is 1.73 bits per heavy atom. The van der Waals surface area contributed by atoms with Crippen LogP contribution in [0.3, 0.4) is 0 Å². The molecule has 2 N–H and O–H groups in total. The number of sulfonamides is 1. The van der Waals surface area contributed by atoms with E-state index in [2.05, 4.69) is 15.9 Å². The Morgan fingerprint density at radius 3 is 2.32 bits per heavy atom. The Balaban J connectivity index is 2.33. The number of nitrogens with zero attached hydrogens (tertiary/aromatic N) is 1. The van der Waals surface area contributed by atoms with Crippen molar-refractivity contribution in [1.29, 1.82) is 0 Å². The Labute approximate surface area is 139 Å². The molecule has 0 bridgehead atoms. The standard InChI is InChI=1S/C16H17BrN2O2S/c1-22(20,21)19(16-10-6-5-9-15(16)18)12-14(17)11-13-7-3-2-4-8-13/h2-11H,12,18H2,1H3/b14-11-. The Bertz CT molecular complexity index is 774. The maximum Gasteiger partial charge on any atom is 0.232 e. The van der Waals surface area contributed by atoms with Gasteiger partial charge >= 0.3 is 0 Å². The van der Waals surface area contributed by atoms with E-state index < -0.39 is 10.0 Å². The molecule has 0 spiro atoms. The average molecular weight is 381 g/mol. The van der Waals surface area contributed by atoms with Crippen LogP contribution in [0.4, 0.5) is 11.4 Å². The van der Waals surface area contributed by atoms with E-state index in [4.69, 9.17) is 5.73 Å². The van der Waals surface area contributed by atoms with Crippen LogP contribution in [-0.4, -0.2) is 21.2 Å². The van der Waals surface area contributed by atoms with Gasteiger partial charge < -0.3 is 5.73 Å². The van der Waals surface area contributed by atoms with Gasteiger partial charge in [-0.05, 0) is 23.8 Å².